The number of aromatic nitrogens is 1. The molecule has 1 aromatic heterocycles. The Kier molecular flexibility index (Phi) is 13.8. The summed E-state index contributed by atoms with van der Waals surface area (Å²) in [6, 6.07) is 14.8. The first-order chi connectivity index (χ1) is 14.7. The SMILES string of the molecule is CCN(CC)C(CNC(=NC)NCc1ccc(OCCOC)nc1)c1ccccc1.I. The molecule has 1 heterocycles. The summed E-state index contributed by atoms with van der Waals surface area (Å²) in [5.74, 6) is 1.37. The third-order valence-electron chi connectivity index (χ3n) is 4.92. The lowest BCUT2D eigenvalue weighted by molar-refractivity contribution is 0.143. The lowest BCUT2D eigenvalue weighted by atomic mass is 10.1. The van der Waals surface area contributed by atoms with Crippen LogP contribution in [0, 0.1) is 0 Å². The van der Waals surface area contributed by atoms with Crippen LogP contribution in [0.1, 0.15) is 31.0 Å². The molecule has 7 nitrogen and oxygen atoms in total. The van der Waals surface area contributed by atoms with Gasteiger partial charge in [-0.2, -0.15) is 0 Å². The summed E-state index contributed by atoms with van der Waals surface area (Å²) in [7, 11) is 3.44. The summed E-state index contributed by atoms with van der Waals surface area (Å²) >= 11 is 0. The molecule has 31 heavy (non-hydrogen) atoms. The molecule has 2 N–H and O–H groups in total. The minimum Gasteiger partial charge on any atom is -0.475 e. The number of halogens is 1. The number of aliphatic imine (C=N–C) groups is 1. The molecule has 2 rings (SSSR count). The van der Waals surface area contributed by atoms with Crippen molar-refractivity contribution in [1.82, 2.24) is 20.5 Å². The molecule has 8 heteroatoms. The highest BCUT2D eigenvalue weighted by molar-refractivity contribution is 14.0. The fourth-order valence-electron chi connectivity index (χ4n) is 3.23. The minimum atomic E-state index is 0. The quantitative estimate of drug-likeness (QED) is 0.186. The van der Waals surface area contributed by atoms with E-state index in [-0.39, 0.29) is 30.0 Å². The van der Waals surface area contributed by atoms with E-state index in [0.29, 0.717) is 25.6 Å². The Bertz CT molecular complexity index is 739. The molecule has 2 aromatic rings. The van der Waals surface area contributed by atoms with Crippen molar-refractivity contribution in [3.63, 3.8) is 0 Å². The van der Waals surface area contributed by atoms with Crippen molar-refractivity contribution in [2.75, 3.05) is 47.0 Å². The molecule has 1 atom stereocenters. The second-order valence-electron chi connectivity index (χ2n) is 6.80. The van der Waals surface area contributed by atoms with Crippen LogP contribution in [0.5, 0.6) is 5.88 Å². The molecule has 0 aliphatic rings. The highest BCUT2D eigenvalue weighted by Crippen LogP contribution is 2.19. The number of ether oxygens (including phenoxy) is 2. The van der Waals surface area contributed by atoms with Crippen LogP contribution in [0.15, 0.2) is 53.7 Å². The molecule has 0 bridgehead atoms. The zero-order valence-corrected chi connectivity index (χ0v) is 21.3. The van der Waals surface area contributed by atoms with Gasteiger partial charge in [-0.1, -0.05) is 50.2 Å². The van der Waals surface area contributed by atoms with E-state index < -0.39 is 0 Å². The number of nitrogens with zero attached hydrogens (tertiary/aromatic N) is 3. The third kappa shape index (κ3) is 9.40. The van der Waals surface area contributed by atoms with Gasteiger partial charge in [0, 0.05) is 39.5 Å². The van der Waals surface area contributed by atoms with Gasteiger partial charge in [-0.05, 0) is 24.2 Å². The lowest BCUT2D eigenvalue weighted by Crippen LogP contribution is -2.43. The molecule has 0 saturated heterocycles. The maximum Gasteiger partial charge on any atom is 0.213 e. The molecule has 172 valence electrons. The zero-order valence-electron chi connectivity index (χ0n) is 19.0. The molecule has 0 radical (unpaired) electrons. The molecular formula is C23H36IN5O2. The van der Waals surface area contributed by atoms with Gasteiger partial charge in [0.1, 0.15) is 6.61 Å². The van der Waals surface area contributed by atoms with Crippen molar-refractivity contribution in [1.29, 1.82) is 0 Å². The van der Waals surface area contributed by atoms with Crippen LogP contribution in [0.3, 0.4) is 0 Å². The Morgan fingerprint density at radius 2 is 1.81 bits per heavy atom. The van der Waals surface area contributed by atoms with E-state index >= 15 is 0 Å². The van der Waals surface area contributed by atoms with Crippen molar-refractivity contribution < 1.29 is 9.47 Å². The van der Waals surface area contributed by atoms with Gasteiger partial charge in [0.2, 0.25) is 5.88 Å². The normalized spacial score (nSPS) is 12.2. The summed E-state index contributed by atoms with van der Waals surface area (Å²) < 4.78 is 10.5. The Morgan fingerprint density at radius 1 is 1.06 bits per heavy atom. The van der Waals surface area contributed by atoms with Crippen LogP contribution in [-0.2, 0) is 11.3 Å². The topological polar surface area (TPSA) is 71.0 Å². The number of benzene rings is 1. The van der Waals surface area contributed by atoms with Gasteiger partial charge in [-0.3, -0.25) is 9.89 Å². The van der Waals surface area contributed by atoms with Gasteiger partial charge in [0.05, 0.1) is 12.6 Å². The number of hydrogen-bond donors (Lipinski definition) is 2. The number of hydrogen-bond acceptors (Lipinski definition) is 5. The van der Waals surface area contributed by atoms with Gasteiger partial charge < -0.3 is 20.1 Å². The number of guanidine groups is 1. The van der Waals surface area contributed by atoms with Crippen molar-refractivity contribution in [3.05, 3.63) is 59.8 Å². The van der Waals surface area contributed by atoms with E-state index in [1.807, 2.05) is 18.3 Å². The first-order valence-electron chi connectivity index (χ1n) is 10.5. The zero-order chi connectivity index (χ0) is 21.6. The molecular weight excluding hydrogens is 505 g/mol. The molecule has 1 unspecified atom stereocenters. The standard InChI is InChI=1S/C23H35N5O2.HI/c1-5-28(6-2)21(20-10-8-7-9-11-20)18-27-23(24-3)26-17-19-12-13-22(25-16-19)30-15-14-29-4;/h7-13,16,21H,5-6,14-15,17-18H2,1-4H3,(H2,24,26,27);1H. The summed E-state index contributed by atoms with van der Waals surface area (Å²) in [6.45, 7) is 8.83. The highest BCUT2D eigenvalue weighted by Gasteiger charge is 2.18. The van der Waals surface area contributed by atoms with E-state index in [0.717, 1.165) is 31.2 Å². The Labute approximate surface area is 203 Å². The van der Waals surface area contributed by atoms with Gasteiger partial charge in [-0.15, -0.1) is 24.0 Å². The summed E-state index contributed by atoms with van der Waals surface area (Å²) in [4.78, 5) is 11.1. The smallest absolute Gasteiger partial charge is 0.213 e. The summed E-state index contributed by atoms with van der Waals surface area (Å²) in [5, 5.41) is 6.83. The van der Waals surface area contributed by atoms with E-state index in [1.54, 1.807) is 14.2 Å². The fourth-order valence-corrected chi connectivity index (χ4v) is 3.23. The maximum atomic E-state index is 5.50. The van der Waals surface area contributed by atoms with Crippen LogP contribution in [0.25, 0.3) is 0 Å². The first-order valence-corrected chi connectivity index (χ1v) is 10.5. The predicted molar refractivity (Wildman–Crippen MR) is 137 cm³/mol. The Balaban J connectivity index is 0.00000480. The molecule has 0 amide bonds. The first kappa shape index (κ1) is 27.1. The van der Waals surface area contributed by atoms with E-state index in [4.69, 9.17) is 9.47 Å². The number of nitrogens with one attached hydrogen (secondary N) is 2. The van der Waals surface area contributed by atoms with Gasteiger partial charge in [0.15, 0.2) is 5.96 Å². The average molecular weight is 541 g/mol. The molecule has 1 aromatic carbocycles. The number of rotatable bonds is 12. The second kappa shape index (κ2) is 15.8. The summed E-state index contributed by atoms with van der Waals surface area (Å²) in [6.07, 6.45) is 1.81. The molecule has 0 fully saturated rings. The van der Waals surface area contributed by atoms with Crippen LogP contribution in [0.2, 0.25) is 0 Å². The van der Waals surface area contributed by atoms with Crippen LogP contribution in [-0.4, -0.2) is 62.8 Å². The number of likely N-dealkylation sites (N-methyl/N-ethyl adjacent to an activating group) is 1. The predicted octanol–water partition coefficient (Wildman–Crippen LogP) is 3.47. The highest BCUT2D eigenvalue weighted by atomic mass is 127. The van der Waals surface area contributed by atoms with Crippen LogP contribution >= 0.6 is 24.0 Å². The second-order valence-corrected chi connectivity index (χ2v) is 6.80. The molecule has 0 spiro atoms. The fraction of sp³-hybridized carbons (Fsp3) is 0.478. The van der Waals surface area contributed by atoms with E-state index in [1.165, 1.54) is 5.56 Å². The lowest BCUT2D eigenvalue weighted by Gasteiger charge is -2.30. The Morgan fingerprint density at radius 3 is 2.39 bits per heavy atom. The van der Waals surface area contributed by atoms with Crippen molar-refractivity contribution in [3.8, 4) is 5.88 Å². The van der Waals surface area contributed by atoms with Gasteiger partial charge in [0.25, 0.3) is 0 Å². The summed E-state index contributed by atoms with van der Waals surface area (Å²) in [5.41, 5.74) is 2.36. The maximum absolute atomic E-state index is 5.50. The van der Waals surface area contributed by atoms with Gasteiger partial charge in [-0.25, -0.2) is 4.98 Å². The monoisotopic (exact) mass is 541 g/mol. The van der Waals surface area contributed by atoms with Crippen LogP contribution in [0.4, 0.5) is 0 Å². The minimum absolute atomic E-state index is 0. The molecule has 0 saturated carbocycles. The van der Waals surface area contributed by atoms with Crippen molar-refractivity contribution in [2.45, 2.75) is 26.4 Å². The largest absolute Gasteiger partial charge is 0.475 e. The molecule has 0 aliphatic heterocycles. The van der Waals surface area contributed by atoms with Crippen molar-refractivity contribution in [2.24, 2.45) is 4.99 Å². The molecule has 0 aliphatic carbocycles. The third-order valence-corrected chi connectivity index (χ3v) is 4.92. The van der Waals surface area contributed by atoms with Gasteiger partial charge >= 0.3 is 0 Å². The Hall–Kier alpha value is -1.91. The average Bonchev–Trinajstić information content (AvgIpc) is 2.80. The van der Waals surface area contributed by atoms with E-state index in [2.05, 4.69) is 69.7 Å². The van der Waals surface area contributed by atoms with Crippen molar-refractivity contribution >= 4 is 29.9 Å². The van der Waals surface area contributed by atoms with Crippen LogP contribution < -0.4 is 15.4 Å². The number of methoxy groups -OCH3 is 1. The van der Waals surface area contributed by atoms with E-state index in [9.17, 15) is 0 Å². The number of pyridine rings is 1.